The van der Waals surface area contributed by atoms with E-state index in [0.717, 1.165) is 9.13 Å². The third-order valence-corrected chi connectivity index (χ3v) is 3.21. The van der Waals surface area contributed by atoms with Crippen molar-refractivity contribution >= 4 is 28.5 Å². The van der Waals surface area contributed by atoms with E-state index in [-0.39, 0.29) is 12.5 Å². The van der Waals surface area contributed by atoms with Crippen LogP contribution in [0.3, 0.4) is 0 Å². The maximum atomic E-state index is 11.7. The molecule has 1 amide bonds. The highest BCUT2D eigenvalue weighted by molar-refractivity contribution is 14.1. The Morgan fingerprint density at radius 1 is 1.47 bits per heavy atom. The Bertz CT molecular complexity index is 341. The van der Waals surface area contributed by atoms with Crippen molar-refractivity contribution in [2.24, 2.45) is 0 Å². The molecule has 15 heavy (non-hydrogen) atoms. The standard InChI is InChI=1S/C11H14INO2/c1-13(6-7-14)11(15)8-9-4-2-3-5-10(9)12/h2-5,14H,6-8H2,1H3. The highest BCUT2D eigenvalue weighted by Gasteiger charge is 2.10. The molecule has 0 unspecified atom stereocenters. The molecule has 0 aliphatic rings. The van der Waals surface area contributed by atoms with Gasteiger partial charge < -0.3 is 10.0 Å². The maximum Gasteiger partial charge on any atom is 0.226 e. The van der Waals surface area contributed by atoms with Crippen LogP contribution in [-0.4, -0.2) is 36.1 Å². The van der Waals surface area contributed by atoms with Gasteiger partial charge in [-0.25, -0.2) is 0 Å². The molecule has 1 aromatic rings. The second-order valence-corrected chi connectivity index (χ2v) is 4.47. The van der Waals surface area contributed by atoms with Gasteiger partial charge in [0, 0.05) is 17.2 Å². The highest BCUT2D eigenvalue weighted by Crippen LogP contribution is 2.12. The number of nitrogens with zero attached hydrogens (tertiary/aromatic N) is 1. The fourth-order valence-electron chi connectivity index (χ4n) is 1.21. The number of amides is 1. The lowest BCUT2D eigenvalue weighted by molar-refractivity contribution is -0.129. The van der Waals surface area contributed by atoms with Gasteiger partial charge in [0.25, 0.3) is 0 Å². The number of aliphatic hydroxyl groups is 1. The molecule has 1 N–H and O–H groups in total. The Morgan fingerprint density at radius 3 is 2.73 bits per heavy atom. The van der Waals surface area contributed by atoms with Crippen LogP contribution in [0.5, 0.6) is 0 Å². The molecule has 0 saturated carbocycles. The lowest BCUT2D eigenvalue weighted by Crippen LogP contribution is -2.30. The van der Waals surface area contributed by atoms with E-state index in [1.807, 2.05) is 24.3 Å². The first-order chi connectivity index (χ1) is 7.15. The molecule has 0 radical (unpaired) electrons. The zero-order valence-electron chi connectivity index (χ0n) is 8.61. The predicted octanol–water partition coefficient (Wildman–Crippen LogP) is 1.28. The van der Waals surface area contributed by atoms with Gasteiger partial charge in [-0.15, -0.1) is 0 Å². The number of halogens is 1. The molecule has 0 aliphatic carbocycles. The van der Waals surface area contributed by atoms with Crippen molar-refractivity contribution in [1.29, 1.82) is 0 Å². The number of benzene rings is 1. The number of carbonyl (C=O) groups excluding carboxylic acids is 1. The number of likely N-dealkylation sites (N-methyl/N-ethyl adjacent to an activating group) is 1. The van der Waals surface area contributed by atoms with E-state index in [9.17, 15) is 4.79 Å². The van der Waals surface area contributed by atoms with Crippen LogP contribution in [0, 0.1) is 3.57 Å². The Kier molecular flexibility index (Phi) is 5.04. The smallest absolute Gasteiger partial charge is 0.226 e. The van der Waals surface area contributed by atoms with E-state index in [1.165, 1.54) is 0 Å². The van der Waals surface area contributed by atoms with E-state index in [0.29, 0.717) is 13.0 Å². The average molecular weight is 319 g/mol. The van der Waals surface area contributed by atoms with Gasteiger partial charge in [-0.2, -0.15) is 0 Å². The van der Waals surface area contributed by atoms with Gasteiger partial charge in [0.15, 0.2) is 0 Å². The third-order valence-electron chi connectivity index (χ3n) is 2.16. The number of hydrogen-bond donors (Lipinski definition) is 1. The number of hydrogen-bond acceptors (Lipinski definition) is 2. The minimum absolute atomic E-state index is 0.00806. The number of aliphatic hydroxyl groups excluding tert-OH is 1. The third kappa shape index (κ3) is 3.79. The average Bonchev–Trinajstić information content (AvgIpc) is 2.21. The molecule has 0 aromatic heterocycles. The molecule has 4 heteroatoms. The monoisotopic (exact) mass is 319 g/mol. The van der Waals surface area contributed by atoms with Crippen molar-refractivity contribution in [3.63, 3.8) is 0 Å². The Morgan fingerprint density at radius 2 is 2.13 bits per heavy atom. The van der Waals surface area contributed by atoms with Gasteiger partial charge in [-0.1, -0.05) is 18.2 Å². The van der Waals surface area contributed by atoms with E-state index < -0.39 is 0 Å². The summed E-state index contributed by atoms with van der Waals surface area (Å²) in [4.78, 5) is 13.2. The first-order valence-corrected chi connectivity index (χ1v) is 5.81. The molecule has 0 spiro atoms. The molecule has 0 atom stereocenters. The predicted molar refractivity (Wildman–Crippen MR) is 67.6 cm³/mol. The van der Waals surface area contributed by atoms with Crippen molar-refractivity contribution in [1.82, 2.24) is 4.90 Å². The Balaban J connectivity index is 2.62. The molecular formula is C11H14INO2. The van der Waals surface area contributed by atoms with Gasteiger partial charge in [0.05, 0.1) is 13.0 Å². The Labute approximate surface area is 103 Å². The van der Waals surface area contributed by atoms with Crippen LogP contribution in [0.1, 0.15) is 5.56 Å². The first-order valence-electron chi connectivity index (χ1n) is 4.73. The van der Waals surface area contributed by atoms with Crippen LogP contribution in [0.4, 0.5) is 0 Å². The van der Waals surface area contributed by atoms with Crippen LogP contribution in [-0.2, 0) is 11.2 Å². The van der Waals surface area contributed by atoms with E-state index in [1.54, 1.807) is 11.9 Å². The normalized spacial score (nSPS) is 10.1. The Hall–Kier alpha value is -0.620. The van der Waals surface area contributed by atoms with Crippen molar-refractivity contribution < 1.29 is 9.90 Å². The fraction of sp³-hybridized carbons (Fsp3) is 0.364. The summed E-state index contributed by atoms with van der Waals surface area (Å²) < 4.78 is 1.10. The summed E-state index contributed by atoms with van der Waals surface area (Å²) in [7, 11) is 1.70. The van der Waals surface area contributed by atoms with E-state index in [2.05, 4.69) is 22.6 Å². The summed E-state index contributed by atoms with van der Waals surface area (Å²) in [6, 6.07) is 7.81. The lowest BCUT2D eigenvalue weighted by Gasteiger charge is -2.15. The molecule has 0 heterocycles. The zero-order valence-corrected chi connectivity index (χ0v) is 10.8. The summed E-state index contributed by atoms with van der Waals surface area (Å²) in [6.45, 7) is 0.399. The van der Waals surface area contributed by atoms with Gasteiger partial charge >= 0.3 is 0 Å². The highest BCUT2D eigenvalue weighted by atomic mass is 127. The number of rotatable bonds is 4. The summed E-state index contributed by atoms with van der Waals surface area (Å²) in [5, 5.41) is 8.71. The molecule has 3 nitrogen and oxygen atoms in total. The largest absolute Gasteiger partial charge is 0.395 e. The summed E-state index contributed by atoms with van der Waals surface area (Å²) in [5.41, 5.74) is 1.04. The fourth-order valence-corrected chi connectivity index (χ4v) is 1.79. The first kappa shape index (κ1) is 12.4. The van der Waals surface area contributed by atoms with Gasteiger partial charge in [0.2, 0.25) is 5.91 Å². The summed E-state index contributed by atoms with van der Waals surface area (Å²) in [5.74, 6) is 0.0353. The van der Waals surface area contributed by atoms with Crippen molar-refractivity contribution in [2.45, 2.75) is 6.42 Å². The molecular weight excluding hydrogens is 305 g/mol. The molecule has 0 fully saturated rings. The molecule has 1 aromatic carbocycles. The van der Waals surface area contributed by atoms with E-state index in [4.69, 9.17) is 5.11 Å². The minimum Gasteiger partial charge on any atom is -0.395 e. The molecule has 1 rings (SSSR count). The quantitative estimate of drug-likeness (QED) is 0.850. The van der Waals surface area contributed by atoms with Crippen LogP contribution < -0.4 is 0 Å². The molecule has 82 valence electrons. The molecule has 0 saturated heterocycles. The van der Waals surface area contributed by atoms with Gasteiger partial charge in [0.1, 0.15) is 0 Å². The summed E-state index contributed by atoms with van der Waals surface area (Å²) >= 11 is 2.22. The van der Waals surface area contributed by atoms with Crippen LogP contribution in [0.15, 0.2) is 24.3 Å². The zero-order chi connectivity index (χ0) is 11.3. The number of carbonyl (C=O) groups is 1. The second-order valence-electron chi connectivity index (χ2n) is 3.31. The van der Waals surface area contributed by atoms with Crippen molar-refractivity contribution in [3.8, 4) is 0 Å². The van der Waals surface area contributed by atoms with Crippen LogP contribution >= 0.6 is 22.6 Å². The van der Waals surface area contributed by atoms with Gasteiger partial charge in [-0.05, 0) is 34.2 Å². The molecule has 0 aliphatic heterocycles. The van der Waals surface area contributed by atoms with Crippen molar-refractivity contribution in [3.05, 3.63) is 33.4 Å². The summed E-state index contributed by atoms with van der Waals surface area (Å²) in [6.07, 6.45) is 0.398. The SMILES string of the molecule is CN(CCO)C(=O)Cc1ccccc1I. The minimum atomic E-state index is 0.00806. The lowest BCUT2D eigenvalue weighted by atomic mass is 10.1. The van der Waals surface area contributed by atoms with Crippen LogP contribution in [0.2, 0.25) is 0 Å². The van der Waals surface area contributed by atoms with Crippen molar-refractivity contribution in [2.75, 3.05) is 20.2 Å². The second kappa shape index (κ2) is 6.07. The van der Waals surface area contributed by atoms with E-state index >= 15 is 0 Å². The van der Waals surface area contributed by atoms with Crippen LogP contribution in [0.25, 0.3) is 0 Å². The van der Waals surface area contributed by atoms with Gasteiger partial charge in [-0.3, -0.25) is 4.79 Å². The molecule has 0 bridgehead atoms. The maximum absolute atomic E-state index is 11.7. The topological polar surface area (TPSA) is 40.5 Å².